The first kappa shape index (κ1) is 32.4. The second-order valence-electron chi connectivity index (χ2n) is 13.8. The Bertz CT molecular complexity index is 2190. The molecule has 0 saturated carbocycles. The Morgan fingerprint density at radius 1 is 0.346 bits per heavy atom. The van der Waals surface area contributed by atoms with Gasteiger partial charge < -0.3 is 19.4 Å². The smallest absolute Gasteiger partial charge is 0.423 e. The Balaban J connectivity index is 0.000000115. The van der Waals surface area contributed by atoms with Gasteiger partial charge in [0, 0.05) is 0 Å². The van der Waals surface area contributed by atoms with Crippen molar-refractivity contribution < 1.29 is 19.4 Å². The molecule has 250 valence electrons. The van der Waals surface area contributed by atoms with Crippen LogP contribution in [0.3, 0.4) is 0 Å². The summed E-state index contributed by atoms with van der Waals surface area (Å²) in [6.45, 7) is 4.19. The lowest BCUT2D eigenvalue weighted by atomic mass is 9.76. The lowest BCUT2D eigenvalue weighted by molar-refractivity contribution is 0.148. The Morgan fingerprint density at radius 2 is 0.596 bits per heavy atom. The van der Waals surface area contributed by atoms with Crippen molar-refractivity contribution in [2.24, 2.45) is 0 Å². The van der Waals surface area contributed by atoms with Gasteiger partial charge in [0.1, 0.15) is 11.2 Å². The van der Waals surface area contributed by atoms with Crippen molar-refractivity contribution in [3.63, 3.8) is 0 Å². The van der Waals surface area contributed by atoms with Crippen molar-refractivity contribution in [2.45, 2.75) is 25.0 Å². The molecule has 0 unspecified atom stereocenters. The fourth-order valence-corrected chi connectivity index (χ4v) is 8.52. The molecule has 2 aliphatic heterocycles. The average Bonchev–Trinajstić information content (AvgIpc) is 3.87. The zero-order chi connectivity index (χ0) is 35.5. The summed E-state index contributed by atoms with van der Waals surface area (Å²) >= 11 is 0. The van der Waals surface area contributed by atoms with E-state index in [1.165, 1.54) is 33.4 Å². The topological polar surface area (TPSA) is 58.9 Å². The van der Waals surface area contributed by atoms with Crippen LogP contribution >= 0.6 is 0 Å². The lowest BCUT2D eigenvalue weighted by Gasteiger charge is -2.28. The third kappa shape index (κ3) is 4.80. The van der Waals surface area contributed by atoms with Crippen molar-refractivity contribution in [2.75, 3.05) is 0 Å². The van der Waals surface area contributed by atoms with E-state index >= 15 is 0 Å². The van der Waals surface area contributed by atoms with Gasteiger partial charge in [-0.2, -0.15) is 0 Å². The molecule has 2 heterocycles. The van der Waals surface area contributed by atoms with Crippen molar-refractivity contribution in [1.82, 2.24) is 0 Å². The highest BCUT2D eigenvalue weighted by Gasteiger charge is 2.55. The molecule has 4 aliphatic rings. The highest BCUT2D eigenvalue weighted by atomic mass is 16.5. The van der Waals surface area contributed by atoms with Crippen LogP contribution in [0.25, 0.3) is 22.3 Å². The molecule has 7 aromatic carbocycles. The van der Waals surface area contributed by atoms with Crippen molar-refractivity contribution >= 4 is 25.2 Å². The van der Waals surface area contributed by atoms with E-state index in [2.05, 4.69) is 98.8 Å². The van der Waals surface area contributed by atoms with Gasteiger partial charge in [0.25, 0.3) is 0 Å². The van der Waals surface area contributed by atoms with Gasteiger partial charge in [-0.1, -0.05) is 181 Å². The molecule has 7 aromatic rings. The fourth-order valence-electron chi connectivity index (χ4n) is 8.52. The van der Waals surface area contributed by atoms with E-state index < -0.39 is 25.4 Å². The SMILES string of the molecule is Cc1ccc(C)cc1.OB1OC2(c3ccccc31)c1ccccc1-c1ccccc12.OB1OC2(c3ccccc31)c1ccccc1-c1ccccc12. The van der Waals surface area contributed by atoms with Crippen LogP contribution in [0.2, 0.25) is 0 Å². The summed E-state index contributed by atoms with van der Waals surface area (Å²) in [4.78, 5) is 0. The summed E-state index contributed by atoms with van der Waals surface area (Å²) < 4.78 is 12.4. The molecule has 52 heavy (non-hydrogen) atoms. The van der Waals surface area contributed by atoms with E-state index in [-0.39, 0.29) is 0 Å². The van der Waals surface area contributed by atoms with Crippen LogP contribution in [0.4, 0.5) is 0 Å². The van der Waals surface area contributed by atoms with E-state index in [0.717, 1.165) is 44.3 Å². The number of rotatable bonds is 0. The standard InChI is InChI=1S/2C19H13BO2.C8H10/c2*21-20-18-12-6-5-11-17(18)19(22-20)15-9-3-1-7-13(15)14-8-2-4-10-16(14)19;1-7-3-5-8(2)6-4-7/h2*1-12,21H;3-6H,1-2H3. The summed E-state index contributed by atoms with van der Waals surface area (Å²) in [5.41, 5.74) is 14.2. The fraction of sp³-hybridized carbons (Fsp3) is 0.0870. The van der Waals surface area contributed by atoms with Gasteiger partial charge in [0.2, 0.25) is 0 Å². The first-order chi connectivity index (χ1) is 25.4. The van der Waals surface area contributed by atoms with E-state index in [4.69, 9.17) is 9.31 Å². The second kappa shape index (κ2) is 12.6. The maximum absolute atomic E-state index is 10.4. The largest absolute Gasteiger partial charge is 0.492 e. The van der Waals surface area contributed by atoms with Crippen molar-refractivity contribution in [1.29, 1.82) is 0 Å². The third-order valence-electron chi connectivity index (χ3n) is 10.8. The van der Waals surface area contributed by atoms with Crippen LogP contribution in [0.5, 0.6) is 0 Å². The minimum absolute atomic E-state index is 0.691. The summed E-state index contributed by atoms with van der Waals surface area (Å²) in [5, 5.41) is 20.9. The zero-order valence-electron chi connectivity index (χ0n) is 29.0. The van der Waals surface area contributed by atoms with Crippen LogP contribution < -0.4 is 10.9 Å². The predicted octanol–water partition coefficient (Wildman–Crippen LogP) is 7.66. The third-order valence-corrected chi connectivity index (χ3v) is 10.8. The molecule has 0 atom stereocenters. The maximum Gasteiger partial charge on any atom is 0.492 e. The Hall–Kier alpha value is -5.49. The van der Waals surface area contributed by atoms with E-state index in [1.54, 1.807) is 0 Å². The van der Waals surface area contributed by atoms with Crippen LogP contribution in [0.15, 0.2) is 170 Å². The molecule has 11 rings (SSSR count). The summed E-state index contributed by atoms with van der Waals surface area (Å²) in [7, 11) is -1.79. The molecule has 2 spiro atoms. The first-order valence-corrected chi connectivity index (χ1v) is 17.8. The van der Waals surface area contributed by atoms with Gasteiger partial charge in [0.15, 0.2) is 0 Å². The minimum Gasteiger partial charge on any atom is -0.423 e. The molecule has 0 radical (unpaired) electrons. The Morgan fingerprint density at radius 3 is 0.904 bits per heavy atom. The molecule has 0 saturated heterocycles. The van der Waals surface area contributed by atoms with E-state index in [0.29, 0.717) is 0 Å². The molecule has 2 N–H and O–H groups in total. The van der Waals surface area contributed by atoms with Crippen LogP contribution in [-0.2, 0) is 20.5 Å². The summed E-state index contributed by atoms with van der Waals surface area (Å²) in [5.74, 6) is 0. The first-order valence-electron chi connectivity index (χ1n) is 17.8. The highest BCUT2D eigenvalue weighted by Crippen LogP contribution is 2.56. The van der Waals surface area contributed by atoms with Gasteiger partial charge in [0.05, 0.1) is 0 Å². The van der Waals surface area contributed by atoms with Crippen molar-refractivity contribution in [3.8, 4) is 22.3 Å². The van der Waals surface area contributed by atoms with Gasteiger partial charge in [-0.25, -0.2) is 0 Å². The number of aryl methyl sites for hydroxylation is 2. The number of benzene rings is 7. The number of hydrogen-bond donors (Lipinski definition) is 2. The molecule has 0 fully saturated rings. The predicted molar refractivity (Wildman–Crippen MR) is 210 cm³/mol. The van der Waals surface area contributed by atoms with Crippen LogP contribution in [0.1, 0.15) is 44.5 Å². The number of hydrogen-bond acceptors (Lipinski definition) is 4. The van der Waals surface area contributed by atoms with Crippen molar-refractivity contribution in [3.05, 3.63) is 214 Å². The van der Waals surface area contributed by atoms with Gasteiger partial charge in [-0.3, -0.25) is 0 Å². The molecule has 2 aliphatic carbocycles. The van der Waals surface area contributed by atoms with Gasteiger partial charge in [-0.05, 0) is 80.4 Å². The zero-order valence-corrected chi connectivity index (χ0v) is 29.0. The Kier molecular flexibility index (Phi) is 7.87. The molecular weight excluding hydrogens is 638 g/mol. The van der Waals surface area contributed by atoms with Gasteiger partial charge in [-0.15, -0.1) is 0 Å². The molecule has 4 nitrogen and oxygen atoms in total. The quantitative estimate of drug-likeness (QED) is 0.162. The normalized spacial score (nSPS) is 15.4. The molecule has 6 heteroatoms. The lowest BCUT2D eigenvalue weighted by Crippen LogP contribution is -2.30. The molecule has 0 aromatic heterocycles. The summed E-state index contributed by atoms with van der Waals surface area (Å²) in [6, 6.07) is 57.6. The molecule has 0 bridgehead atoms. The highest BCUT2D eigenvalue weighted by molar-refractivity contribution is 6.62. The number of fused-ring (bicyclic) bond motifs is 14. The Labute approximate surface area is 305 Å². The van der Waals surface area contributed by atoms with Crippen LogP contribution in [-0.4, -0.2) is 24.3 Å². The molecule has 0 amide bonds. The monoisotopic (exact) mass is 674 g/mol. The van der Waals surface area contributed by atoms with Crippen LogP contribution in [0, 0.1) is 13.8 Å². The molecular formula is C46H36B2O4. The van der Waals surface area contributed by atoms with E-state index in [1.807, 2.05) is 84.9 Å². The second-order valence-corrected chi connectivity index (χ2v) is 13.8. The van der Waals surface area contributed by atoms with E-state index in [9.17, 15) is 10.0 Å². The summed E-state index contributed by atoms with van der Waals surface area (Å²) in [6.07, 6.45) is 0. The van der Waals surface area contributed by atoms with Gasteiger partial charge >= 0.3 is 14.2 Å². The average molecular weight is 674 g/mol. The maximum atomic E-state index is 10.4. The minimum atomic E-state index is -0.893.